The van der Waals surface area contributed by atoms with Crippen LogP contribution in [0.2, 0.25) is 0 Å². The van der Waals surface area contributed by atoms with Gasteiger partial charge in [0.15, 0.2) is 5.17 Å². The number of nitrogens with zero attached hydrogens (tertiary/aromatic N) is 1. The second-order valence-corrected chi connectivity index (χ2v) is 7.01. The minimum absolute atomic E-state index is 0.108. The SMILES string of the molecule is CC(NC1=NC2CCCCC2CS1)C(=O)NC1CC1. The van der Waals surface area contributed by atoms with Crippen molar-refractivity contribution in [3.8, 4) is 0 Å². The molecule has 3 rings (SSSR count). The predicted octanol–water partition coefficient (Wildman–Crippen LogP) is 1.90. The molecular weight excluding hydrogens is 258 g/mol. The average Bonchev–Trinajstić information content (AvgIpc) is 3.22. The minimum atomic E-state index is -0.174. The van der Waals surface area contributed by atoms with E-state index in [1.807, 2.05) is 6.92 Å². The van der Waals surface area contributed by atoms with Crippen LogP contribution in [0.15, 0.2) is 4.99 Å². The van der Waals surface area contributed by atoms with Gasteiger partial charge in [-0.3, -0.25) is 9.79 Å². The molecule has 0 aromatic heterocycles. The molecule has 0 radical (unpaired) electrons. The molecule has 3 unspecified atom stereocenters. The van der Waals surface area contributed by atoms with Gasteiger partial charge in [-0.2, -0.15) is 0 Å². The molecule has 0 bridgehead atoms. The van der Waals surface area contributed by atoms with Crippen molar-refractivity contribution in [1.82, 2.24) is 10.6 Å². The van der Waals surface area contributed by atoms with E-state index in [1.54, 1.807) is 11.8 Å². The van der Waals surface area contributed by atoms with Crippen LogP contribution >= 0.6 is 11.8 Å². The van der Waals surface area contributed by atoms with Crippen LogP contribution in [0, 0.1) is 5.92 Å². The Labute approximate surface area is 119 Å². The van der Waals surface area contributed by atoms with E-state index >= 15 is 0 Å². The molecule has 2 N–H and O–H groups in total. The van der Waals surface area contributed by atoms with E-state index in [0.717, 1.165) is 29.7 Å². The number of nitrogens with one attached hydrogen (secondary N) is 2. The van der Waals surface area contributed by atoms with Crippen molar-refractivity contribution in [3.63, 3.8) is 0 Å². The second kappa shape index (κ2) is 5.73. The Morgan fingerprint density at radius 1 is 1.32 bits per heavy atom. The third-order valence-electron chi connectivity index (χ3n) is 4.24. The zero-order valence-corrected chi connectivity index (χ0v) is 12.3. The average molecular weight is 281 g/mol. The summed E-state index contributed by atoms with van der Waals surface area (Å²) in [5.74, 6) is 2.03. The lowest BCUT2D eigenvalue weighted by Gasteiger charge is -2.33. The molecule has 2 aliphatic carbocycles. The topological polar surface area (TPSA) is 53.5 Å². The second-order valence-electron chi connectivity index (χ2n) is 6.01. The molecule has 1 aliphatic heterocycles. The van der Waals surface area contributed by atoms with Gasteiger partial charge in [0.25, 0.3) is 0 Å². The van der Waals surface area contributed by atoms with Gasteiger partial charge in [-0.25, -0.2) is 0 Å². The van der Waals surface area contributed by atoms with Gasteiger partial charge < -0.3 is 10.6 Å². The highest BCUT2D eigenvalue weighted by atomic mass is 32.2. The number of carbonyl (C=O) groups is 1. The maximum absolute atomic E-state index is 11.9. The molecular formula is C14H23N3OS. The zero-order valence-electron chi connectivity index (χ0n) is 11.5. The van der Waals surface area contributed by atoms with Crippen molar-refractivity contribution in [1.29, 1.82) is 0 Å². The van der Waals surface area contributed by atoms with Crippen molar-refractivity contribution < 1.29 is 4.79 Å². The quantitative estimate of drug-likeness (QED) is 0.831. The molecule has 0 aromatic rings. The van der Waals surface area contributed by atoms with Crippen LogP contribution in [0.1, 0.15) is 45.4 Å². The highest BCUT2D eigenvalue weighted by Gasteiger charge is 2.30. The summed E-state index contributed by atoms with van der Waals surface area (Å²) in [6.45, 7) is 1.92. The van der Waals surface area contributed by atoms with Crippen LogP contribution in [-0.4, -0.2) is 35.0 Å². The summed E-state index contributed by atoms with van der Waals surface area (Å²) >= 11 is 1.79. The third-order valence-corrected chi connectivity index (χ3v) is 5.33. The van der Waals surface area contributed by atoms with Gasteiger partial charge in [0, 0.05) is 11.8 Å². The molecule has 2 fully saturated rings. The van der Waals surface area contributed by atoms with Gasteiger partial charge in [-0.05, 0) is 38.5 Å². The first-order valence-corrected chi connectivity index (χ1v) is 8.48. The Bertz CT molecular complexity index is 381. The predicted molar refractivity (Wildman–Crippen MR) is 79.4 cm³/mol. The molecule has 1 heterocycles. The monoisotopic (exact) mass is 281 g/mol. The van der Waals surface area contributed by atoms with E-state index < -0.39 is 0 Å². The first-order valence-electron chi connectivity index (χ1n) is 7.50. The Morgan fingerprint density at radius 2 is 2.11 bits per heavy atom. The Kier molecular flexibility index (Phi) is 4.01. The molecule has 0 aromatic carbocycles. The van der Waals surface area contributed by atoms with Crippen LogP contribution < -0.4 is 10.6 Å². The number of amides is 1. The first kappa shape index (κ1) is 13.3. The van der Waals surface area contributed by atoms with Crippen LogP contribution in [-0.2, 0) is 4.79 Å². The maximum atomic E-state index is 11.9. The number of aliphatic imine (C=N–C) groups is 1. The molecule has 4 nitrogen and oxygen atoms in total. The van der Waals surface area contributed by atoms with Crippen LogP contribution in [0.3, 0.4) is 0 Å². The van der Waals surface area contributed by atoms with Gasteiger partial charge in [0.1, 0.15) is 6.04 Å². The molecule has 0 saturated heterocycles. The van der Waals surface area contributed by atoms with Crippen molar-refractivity contribution in [2.45, 2.75) is 63.6 Å². The van der Waals surface area contributed by atoms with Crippen molar-refractivity contribution in [2.75, 3.05) is 5.75 Å². The Balaban J connectivity index is 1.53. The van der Waals surface area contributed by atoms with E-state index in [0.29, 0.717) is 12.1 Å². The van der Waals surface area contributed by atoms with E-state index in [-0.39, 0.29) is 11.9 Å². The van der Waals surface area contributed by atoms with Gasteiger partial charge >= 0.3 is 0 Å². The van der Waals surface area contributed by atoms with E-state index in [9.17, 15) is 4.79 Å². The van der Waals surface area contributed by atoms with Crippen LogP contribution in [0.4, 0.5) is 0 Å². The normalized spacial score (nSPS) is 31.9. The number of hydrogen-bond acceptors (Lipinski definition) is 4. The van der Waals surface area contributed by atoms with E-state index in [2.05, 4.69) is 10.6 Å². The summed E-state index contributed by atoms with van der Waals surface area (Å²) in [5, 5.41) is 7.29. The number of thioether (sulfide) groups is 1. The third kappa shape index (κ3) is 3.44. The largest absolute Gasteiger partial charge is 0.353 e. The first-order chi connectivity index (χ1) is 9.22. The summed E-state index contributed by atoms with van der Waals surface area (Å²) in [4.78, 5) is 16.7. The number of fused-ring (bicyclic) bond motifs is 1. The molecule has 5 heteroatoms. The fourth-order valence-corrected chi connectivity index (χ4v) is 4.04. The maximum Gasteiger partial charge on any atom is 0.242 e. The van der Waals surface area contributed by atoms with E-state index in [1.165, 1.54) is 25.7 Å². The van der Waals surface area contributed by atoms with Gasteiger partial charge in [-0.1, -0.05) is 24.6 Å². The Morgan fingerprint density at radius 3 is 2.89 bits per heavy atom. The van der Waals surface area contributed by atoms with Gasteiger partial charge in [0.2, 0.25) is 5.91 Å². The van der Waals surface area contributed by atoms with Crippen molar-refractivity contribution >= 4 is 22.8 Å². The zero-order chi connectivity index (χ0) is 13.2. The summed E-state index contributed by atoms with van der Waals surface area (Å²) in [7, 11) is 0. The number of carbonyl (C=O) groups excluding carboxylic acids is 1. The minimum Gasteiger partial charge on any atom is -0.353 e. The lowest BCUT2D eigenvalue weighted by Crippen LogP contribution is -2.46. The summed E-state index contributed by atoms with van der Waals surface area (Å²) in [6, 6.07) is 0.753. The lowest BCUT2D eigenvalue weighted by atomic mass is 9.86. The summed E-state index contributed by atoms with van der Waals surface area (Å²) in [6.07, 6.45) is 7.49. The van der Waals surface area contributed by atoms with Crippen LogP contribution in [0.25, 0.3) is 0 Å². The smallest absolute Gasteiger partial charge is 0.242 e. The van der Waals surface area contributed by atoms with Gasteiger partial charge in [-0.15, -0.1) is 0 Å². The molecule has 19 heavy (non-hydrogen) atoms. The van der Waals surface area contributed by atoms with E-state index in [4.69, 9.17) is 4.99 Å². The number of hydrogen-bond donors (Lipinski definition) is 2. The molecule has 2 saturated carbocycles. The molecule has 1 amide bonds. The molecule has 106 valence electrons. The standard InChI is InChI=1S/C14H23N3OS/c1-9(13(18)16-11-6-7-11)15-14-17-12-5-3-2-4-10(12)8-19-14/h9-12H,2-8H2,1H3,(H,15,17)(H,16,18). The van der Waals surface area contributed by atoms with Crippen molar-refractivity contribution in [3.05, 3.63) is 0 Å². The fourth-order valence-electron chi connectivity index (χ4n) is 2.81. The lowest BCUT2D eigenvalue weighted by molar-refractivity contribution is -0.122. The van der Waals surface area contributed by atoms with Crippen molar-refractivity contribution in [2.24, 2.45) is 10.9 Å². The molecule has 3 aliphatic rings. The van der Waals surface area contributed by atoms with Gasteiger partial charge in [0.05, 0.1) is 6.04 Å². The fraction of sp³-hybridized carbons (Fsp3) is 0.857. The number of amidine groups is 1. The highest BCUT2D eigenvalue weighted by molar-refractivity contribution is 8.13. The molecule has 0 spiro atoms. The van der Waals surface area contributed by atoms with Crippen LogP contribution in [0.5, 0.6) is 0 Å². The highest BCUT2D eigenvalue weighted by Crippen LogP contribution is 2.33. The molecule has 3 atom stereocenters. The Hall–Kier alpha value is -0.710. The number of rotatable bonds is 3. The summed E-state index contributed by atoms with van der Waals surface area (Å²) < 4.78 is 0. The summed E-state index contributed by atoms with van der Waals surface area (Å²) in [5.41, 5.74) is 0.